The van der Waals surface area contributed by atoms with E-state index in [1.165, 1.54) is 0 Å². The average molecular weight is 475 g/mol. The first-order valence-corrected chi connectivity index (χ1v) is 8.08. The van der Waals surface area contributed by atoms with Crippen molar-refractivity contribution < 1.29 is 40.2 Å². The van der Waals surface area contributed by atoms with Gasteiger partial charge in [-0.15, -0.1) is 37.2 Å². The molecule has 9 N–H and O–H groups in total. The summed E-state index contributed by atoms with van der Waals surface area (Å²) < 4.78 is 0. The Morgan fingerprint density at radius 2 is 0.929 bits per heavy atom. The normalized spacial score (nSPS) is 29.0. The highest BCUT2D eigenvalue weighted by molar-refractivity contribution is 5.86. The number of halogens is 3. The molecule has 28 heavy (non-hydrogen) atoms. The van der Waals surface area contributed by atoms with Crippen LogP contribution in [0, 0.1) is 0 Å². The van der Waals surface area contributed by atoms with Crippen molar-refractivity contribution in [3.8, 4) is 0 Å². The minimum atomic E-state index is -1.28. The molecule has 0 aliphatic heterocycles. The molecule has 0 aromatic heterocycles. The number of carbonyl (C=O) groups is 2. The van der Waals surface area contributed by atoms with Gasteiger partial charge in [-0.3, -0.25) is 9.59 Å². The van der Waals surface area contributed by atoms with E-state index in [0.717, 1.165) is 0 Å². The van der Waals surface area contributed by atoms with Crippen molar-refractivity contribution in [3.63, 3.8) is 0 Å². The van der Waals surface area contributed by atoms with Crippen LogP contribution in [0.3, 0.4) is 0 Å². The van der Waals surface area contributed by atoms with Crippen LogP contribution in [0.4, 0.5) is 0 Å². The third-order valence-corrected chi connectivity index (χ3v) is 4.14. The maximum atomic E-state index is 10.6. The van der Waals surface area contributed by atoms with Gasteiger partial charge in [-0.05, 0) is 0 Å². The Kier molecular flexibility index (Phi) is 18.8. The largest absolute Gasteiger partial charge is 0.481 e. The Balaban J connectivity index is -0.00000208. The third kappa shape index (κ3) is 9.83. The molecule has 2 unspecified atom stereocenters. The molecular formula is C14H30Cl3N3O8. The molecule has 0 bridgehead atoms. The van der Waals surface area contributed by atoms with Gasteiger partial charge in [0, 0.05) is 19.6 Å². The number of aliphatic carboxylic acids is 2. The fourth-order valence-electron chi connectivity index (χ4n) is 2.92. The quantitative estimate of drug-likeness (QED) is 0.150. The van der Waals surface area contributed by atoms with Crippen LogP contribution in [0.2, 0.25) is 0 Å². The van der Waals surface area contributed by atoms with Crippen LogP contribution in [-0.4, -0.2) is 105 Å². The van der Waals surface area contributed by atoms with E-state index in [-0.39, 0.29) is 76.3 Å². The van der Waals surface area contributed by atoms with E-state index in [1.54, 1.807) is 0 Å². The molecule has 1 aliphatic rings. The van der Waals surface area contributed by atoms with Gasteiger partial charge in [0.2, 0.25) is 0 Å². The molecule has 170 valence electrons. The fraction of sp³-hybridized carbons (Fsp3) is 0.857. The molecule has 0 heterocycles. The summed E-state index contributed by atoms with van der Waals surface area (Å²) in [5, 5.41) is 65.8. The Morgan fingerprint density at radius 3 is 1.18 bits per heavy atom. The second kappa shape index (κ2) is 16.3. The molecule has 0 radical (unpaired) electrons. The molecule has 11 nitrogen and oxygen atoms in total. The van der Waals surface area contributed by atoms with Crippen LogP contribution in [0.5, 0.6) is 0 Å². The molecule has 6 atom stereocenters. The predicted molar refractivity (Wildman–Crippen MR) is 107 cm³/mol. The average Bonchev–Trinajstić information content (AvgIpc) is 2.53. The van der Waals surface area contributed by atoms with Crippen LogP contribution in [-0.2, 0) is 9.59 Å². The number of aliphatic hydroxyl groups is 4. The Labute approximate surface area is 181 Å². The van der Waals surface area contributed by atoms with E-state index in [2.05, 4.69) is 16.0 Å². The summed E-state index contributed by atoms with van der Waals surface area (Å²) in [4.78, 5) is 21.2. The molecule has 1 saturated carbocycles. The number of hydrogen-bond acceptors (Lipinski definition) is 9. The van der Waals surface area contributed by atoms with Gasteiger partial charge in [0.1, 0.15) is 0 Å². The summed E-state index contributed by atoms with van der Waals surface area (Å²) in [5.74, 6) is -2.09. The molecule has 0 amide bonds. The number of nitrogens with one attached hydrogen (secondary N) is 3. The van der Waals surface area contributed by atoms with Crippen molar-refractivity contribution in [1.29, 1.82) is 0 Å². The first-order chi connectivity index (χ1) is 11.8. The molecule has 1 aliphatic carbocycles. The highest BCUT2D eigenvalue weighted by Gasteiger charge is 2.48. The van der Waals surface area contributed by atoms with Gasteiger partial charge < -0.3 is 46.6 Å². The van der Waals surface area contributed by atoms with Crippen LogP contribution in [0.15, 0.2) is 0 Å². The van der Waals surface area contributed by atoms with Gasteiger partial charge in [-0.1, -0.05) is 0 Å². The van der Waals surface area contributed by atoms with Crippen molar-refractivity contribution in [1.82, 2.24) is 16.0 Å². The zero-order valence-electron chi connectivity index (χ0n) is 14.9. The van der Waals surface area contributed by atoms with Crippen LogP contribution in [0.25, 0.3) is 0 Å². The van der Waals surface area contributed by atoms with E-state index >= 15 is 0 Å². The van der Waals surface area contributed by atoms with Crippen molar-refractivity contribution in [2.45, 2.75) is 49.3 Å². The zero-order valence-corrected chi connectivity index (χ0v) is 17.4. The van der Waals surface area contributed by atoms with Crippen molar-refractivity contribution in [2.75, 3.05) is 26.2 Å². The lowest BCUT2D eigenvalue weighted by Crippen LogP contribution is -2.73. The standard InChI is InChI=1S/C14H27N3O8.3ClH/c18-6-5-17-11-13(24)9(15-3-1-7(19)20)12(23)10(14(11)25)16-4-2-8(21)22;;;/h9-18,23-25H,1-6H2,(H,19,20)(H,21,22);3*1H/t9-,10+,11?,12?,13-,14+;;;. The van der Waals surface area contributed by atoms with Crippen molar-refractivity contribution >= 4 is 49.2 Å². The minimum Gasteiger partial charge on any atom is -0.481 e. The van der Waals surface area contributed by atoms with E-state index in [1.807, 2.05) is 0 Å². The van der Waals surface area contributed by atoms with Gasteiger partial charge in [-0.25, -0.2) is 0 Å². The van der Waals surface area contributed by atoms with Crippen molar-refractivity contribution in [3.05, 3.63) is 0 Å². The first-order valence-electron chi connectivity index (χ1n) is 8.08. The Morgan fingerprint density at radius 1 is 0.643 bits per heavy atom. The minimum absolute atomic E-state index is 0. The van der Waals surface area contributed by atoms with Crippen molar-refractivity contribution in [2.24, 2.45) is 0 Å². The van der Waals surface area contributed by atoms with E-state index in [9.17, 15) is 24.9 Å². The molecule has 0 spiro atoms. The Hall–Kier alpha value is -0.470. The summed E-state index contributed by atoms with van der Waals surface area (Å²) in [6.45, 7) is -0.136. The number of aliphatic hydroxyl groups excluding tert-OH is 4. The Bertz CT molecular complexity index is 418. The number of carboxylic acids is 2. The fourth-order valence-corrected chi connectivity index (χ4v) is 2.92. The number of rotatable bonds is 11. The molecular weight excluding hydrogens is 445 g/mol. The maximum Gasteiger partial charge on any atom is 0.304 e. The zero-order chi connectivity index (χ0) is 19.0. The second-order valence-electron chi connectivity index (χ2n) is 5.92. The lowest BCUT2D eigenvalue weighted by molar-refractivity contribution is -0.137. The van der Waals surface area contributed by atoms with Crippen LogP contribution < -0.4 is 16.0 Å². The summed E-state index contributed by atoms with van der Waals surface area (Å²) in [6, 6.07) is -2.79. The van der Waals surface area contributed by atoms with Gasteiger partial charge >= 0.3 is 11.9 Å². The molecule has 14 heteroatoms. The van der Waals surface area contributed by atoms with Crippen LogP contribution in [0.1, 0.15) is 12.8 Å². The third-order valence-electron chi connectivity index (χ3n) is 4.14. The van der Waals surface area contributed by atoms with Gasteiger partial charge in [0.05, 0.1) is 55.9 Å². The lowest BCUT2D eigenvalue weighted by Gasteiger charge is -2.47. The molecule has 1 fully saturated rings. The van der Waals surface area contributed by atoms with E-state index < -0.39 is 48.4 Å². The molecule has 0 saturated heterocycles. The molecule has 0 aromatic rings. The van der Waals surface area contributed by atoms with E-state index in [0.29, 0.717) is 0 Å². The van der Waals surface area contributed by atoms with E-state index in [4.69, 9.17) is 15.3 Å². The highest BCUT2D eigenvalue weighted by atomic mass is 35.5. The summed E-state index contributed by atoms with van der Waals surface area (Å²) >= 11 is 0. The summed E-state index contributed by atoms with van der Waals surface area (Å²) in [6.07, 6.45) is -4.21. The number of carboxylic acid groups (broad SMARTS) is 2. The SMILES string of the molecule is Cl.Cl.Cl.O=C(O)CCN[C@@H]1C(O)[C@H](NCCC(=O)O)[C@H](O)C(NCCO)[C@@H]1O. The van der Waals surface area contributed by atoms with Gasteiger partial charge in [-0.2, -0.15) is 0 Å². The lowest BCUT2D eigenvalue weighted by atomic mass is 9.79. The first kappa shape index (κ1) is 32.2. The summed E-state index contributed by atoms with van der Waals surface area (Å²) in [7, 11) is 0. The van der Waals surface area contributed by atoms with Gasteiger partial charge in [0.15, 0.2) is 0 Å². The molecule has 0 aromatic carbocycles. The highest BCUT2D eigenvalue weighted by Crippen LogP contribution is 2.22. The number of hydrogen-bond donors (Lipinski definition) is 9. The maximum absolute atomic E-state index is 10.6. The van der Waals surface area contributed by atoms with Crippen LogP contribution >= 0.6 is 37.2 Å². The monoisotopic (exact) mass is 473 g/mol. The topological polar surface area (TPSA) is 192 Å². The predicted octanol–water partition coefficient (Wildman–Crippen LogP) is -2.84. The van der Waals surface area contributed by atoms with Gasteiger partial charge in [0.25, 0.3) is 0 Å². The molecule has 1 rings (SSSR count). The second-order valence-corrected chi connectivity index (χ2v) is 5.92. The smallest absolute Gasteiger partial charge is 0.304 e. The summed E-state index contributed by atoms with van der Waals surface area (Å²) in [5.41, 5.74) is 0.